The number of benzene rings is 2. The van der Waals surface area contributed by atoms with Gasteiger partial charge in [-0.25, -0.2) is 8.78 Å². The van der Waals surface area contributed by atoms with E-state index in [1.54, 1.807) is 12.1 Å². The highest BCUT2D eigenvalue weighted by Crippen LogP contribution is 2.36. The van der Waals surface area contributed by atoms with Gasteiger partial charge < -0.3 is 5.11 Å². The van der Waals surface area contributed by atoms with Crippen molar-refractivity contribution in [2.24, 2.45) is 4.99 Å². The van der Waals surface area contributed by atoms with Crippen LogP contribution in [0.1, 0.15) is 5.69 Å². The Morgan fingerprint density at radius 2 is 1.72 bits per heavy atom. The van der Waals surface area contributed by atoms with Crippen LogP contribution in [0.5, 0.6) is 5.75 Å². The summed E-state index contributed by atoms with van der Waals surface area (Å²) in [5, 5.41) is 25.5. The fourth-order valence-electron chi connectivity index (χ4n) is 2.54. The van der Waals surface area contributed by atoms with Crippen molar-refractivity contribution in [2.75, 3.05) is 7.05 Å². The maximum Gasteiger partial charge on any atom is 0.170 e. The smallest absolute Gasteiger partial charge is 0.170 e. The van der Waals surface area contributed by atoms with Gasteiger partial charge in [-0.1, -0.05) is 6.07 Å². The van der Waals surface area contributed by atoms with Gasteiger partial charge in [0.2, 0.25) is 0 Å². The summed E-state index contributed by atoms with van der Waals surface area (Å²) in [6, 6.07) is 9.51. The maximum absolute atomic E-state index is 14.4. The Morgan fingerprint density at radius 1 is 1.08 bits per heavy atom. The number of aromatic hydroxyl groups is 1. The molecule has 0 atom stereocenters. The third-order valence-corrected chi connectivity index (χ3v) is 3.69. The Labute approximate surface area is 141 Å². The Hall–Kier alpha value is -3.26. The Morgan fingerprint density at radius 3 is 2.28 bits per heavy atom. The van der Waals surface area contributed by atoms with Crippen LogP contribution in [0.2, 0.25) is 0 Å². The van der Waals surface area contributed by atoms with E-state index in [1.807, 2.05) is 5.48 Å². The third kappa shape index (κ3) is 2.94. The highest BCUT2D eigenvalue weighted by molar-refractivity contribution is 6.05. The van der Waals surface area contributed by atoms with Crippen LogP contribution in [-0.4, -0.2) is 33.4 Å². The zero-order valence-corrected chi connectivity index (χ0v) is 13.1. The zero-order valence-electron chi connectivity index (χ0n) is 13.1. The largest absolute Gasteiger partial charge is 0.508 e. The van der Waals surface area contributed by atoms with Gasteiger partial charge in [0.15, 0.2) is 5.84 Å². The number of phenolic OH excluding ortho intramolecular Hbond substituents is 1. The number of aromatic nitrogens is 2. The van der Waals surface area contributed by atoms with Crippen LogP contribution in [0.25, 0.3) is 22.4 Å². The van der Waals surface area contributed by atoms with Crippen LogP contribution in [0.3, 0.4) is 0 Å². The summed E-state index contributed by atoms with van der Waals surface area (Å²) in [6.45, 7) is 0. The molecule has 2 aromatic carbocycles. The molecule has 0 saturated heterocycles. The highest BCUT2D eigenvalue weighted by atomic mass is 19.1. The minimum atomic E-state index is -0.781. The molecule has 0 fully saturated rings. The van der Waals surface area contributed by atoms with Crippen molar-refractivity contribution in [3.8, 4) is 28.1 Å². The Bertz CT molecular complexity index is 916. The van der Waals surface area contributed by atoms with E-state index < -0.39 is 11.6 Å². The summed E-state index contributed by atoms with van der Waals surface area (Å²) in [5.41, 5.74) is 2.57. The van der Waals surface area contributed by atoms with Crippen LogP contribution in [0.15, 0.2) is 47.5 Å². The summed E-state index contributed by atoms with van der Waals surface area (Å²) in [7, 11) is 1.40. The second kappa shape index (κ2) is 6.70. The van der Waals surface area contributed by atoms with Gasteiger partial charge in [-0.05, 0) is 36.4 Å². The Kier molecular flexibility index (Phi) is 4.44. The normalized spacial score (nSPS) is 11.6. The first-order valence-electron chi connectivity index (χ1n) is 7.26. The van der Waals surface area contributed by atoms with Crippen molar-refractivity contribution in [3.63, 3.8) is 0 Å². The highest BCUT2D eigenvalue weighted by Gasteiger charge is 2.25. The molecule has 1 heterocycles. The van der Waals surface area contributed by atoms with E-state index in [0.717, 1.165) is 12.1 Å². The number of aromatic amines is 1. The zero-order chi connectivity index (χ0) is 18.0. The molecule has 0 aliphatic carbocycles. The minimum absolute atomic E-state index is 0.0322. The molecule has 128 valence electrons. The number of halogens is 2. The van der Waals surface area contributed by atoms with Gasteiger partial charge in [0.05, 0.1) is 5.56 Å². The second-order valence-electron chi connectivity index (χ2n) is 5.15. The number of hydroxylamine groups is 1. The van der Waals surface area contributed by atoms with Crippen LogP contribution in [0, 0.1) is 11.6 Å². The van der Waals surface area contributed by atoms with E-state index in [4.69, 9.17) is 0 Å². The second-order valence-corrected chi connectivity index (χ2v) is 5.15. The molecule has 0 aliphatic rings. The lowest BCUT2D eigenvalue weighted by molar-refractivity contribution is 0.234. The molecule has 6 nitrogen and oxygen atoms in total. The first-order chi connectivity index (χ1) is 12.1. The van der Waals surface area contributed by atoms with Gasteiger partial charge in [0, 0.05) is 18.2 Å². The summed E-state index contributed by atoms with van der Waals surface area (Å²) >= 11 is 0. The molecule has 1 aromatic heterocycles. The minimum Gasteiger partial charge on any atom is -0.508 e. The number of nitrogens with one attached hydrogen (secondary N) is 2. The molecule has 0 radical (unpaired) electrons. The van der Waals surface area contributed by atoms with Crippen molar-refractivity contribution in [2.45, 2.75) is 0 Å². The fraction of sp³-hybridized carbons (Fsp3) is 0.0588. The lowest BCUT2D eigenvalue weighted by Gasteiger charge is -2.10. The van der Waals surface area contributed by atoms with E-state index in [1.165, 1.54) is 25.2 Å². The number of aliphatic imine (C=N–C) groups is 1. The molecule has 8 heteroatoms. The van der Waals surface area contributed by atoms with Gasteiger partial charge in [-0.2, -0.15) is 5.10 Å². The topological polar surface area (TPSA) is 93.5 Å². The van der Waals surface area contributed by atoms with Crippen LogP contribution >= 0.6 is 0 Å². The predicted molar refractivity (Wildman–Crippen MR) is 88.4 cm³/mol. The molecule has 0 spiro atoms. The molecule has 4 N–H and O–H groups in total. The lowest BCUT2D eigenvalue weighted by atomic mass is 9.97. The molecule has 25 heavy (non-hydrogen) atoms. The summed E-state index contributed by atoms with van der Waals surface area (Å²) in [5.74, 6) is -1.55. The molecular formula is C17H14F2N4O2. The first-order valence-corrected chi connectivity index (χ1v) is 7.26. The van der Waals surface area contributed by atoms with Crippen molar-refractivity contribution in [1.29, 1.82) is 0 Å². The summed E-state index contributed by atoms with van der Waals surface area (Å²) < 4.78 is 28.8. The number of nitrogens with zero attached hydrogens (tertiary/aromatic N) is 2. The molecule has 0 bridgehead atoms. The third-order valence-electron chi connectivity index (χ3n) is 3.69. The fourth-order valence-corrected chi connectivity index (χ4v) is 2.54. The quantitative estimate of drug-likeness (QED) is 0.334. The molecule has 3 aromatic rings. The van der Waals surface area contributed by atoms with Gasteiger partial charge >= 0.3 is 0 Å². The van der Waals surface area contributed by atoms with Crippen molar-refractivity contribution in [1.82, 2.24) is 15.7 Å². The number of H-pyrrole nitrogens is 1. The predicted octanol–water partition coefficient (Wildman–Crippen LogP) is 3.08. The van der Waals surface area contributed by atoms with Crippen LogP contribution in [0.4, 0.5) is 8.78 Å². The maximum atomic E-state index is 14.4. The molecule has 0 unspecified atom stereocenters. The molecular weight excluding hydrogens is 330 g/mol. The number of hydrogen-bond acceptors (Lipinski definition) is 4. The van der Waals surface area contributed by atoms with Crippen LogP contribution < -0.4 is 5.48 Å². The summed E-state index contributed by atoms with van der Waals surface area (Å²) in [6.07, 6.45) is 0. The standard InChI is InChI=1S/C17H14F2N4O2/c1-20-17(23-25)16-14(13-11(18)3-2-4-12(13)19)15(21-22-16)9-5-7-10(24)8-6-9/h2-8,24-25H,1H3,(H,20,23)(H,21,22). The van der Waals surface area contributed by atoms with Gasteiger partial charge in [0.25, 0.3) is 0 Å². The SMILES string of the molecule is CN=C(NO)c1[nH]nc(-c2ccc(O)cc2)c1-c1c(F)cccc1F. The van der Waals surface area contributed by atoms with Crippen molar-refractivity contribution < 1.29 is 19.1 Å². The lowest BCUT2D eigenvalue weighted by Crippen LogP contribution is -2.21. The van der Waals surface area contributed by atoms with Crippen LogP contribution in [-0.2, 0) is 0 Å². The van der Waals surface area contributed by atoms with E-state index >= 15 is 0 Å². The average molecular weight is 344 g/mol. The molecule has 0 amide bonds. The molecule has 3 rings (SSSR count). The number of amidine groups is 1. The number of rotatable bonds is 3. The van der Waals surface area contributed by atoms with Crippen molar-refractivity contribution in [3.05, 3.63) is 59.8 Å². The van der Waals surface area contributed by atoms with E-state index in [2.05, 4.69) is 15.2 Å². The van der Waals surface area contributed by atoms with Crippen molar-refractivity contribution >= 4 is 5.84 Å². The van der Waals surface area contributed by atoms with Gasteiger partial charge in [0.1, 0.15) is 28.8 Å². The first kappa shape index (κ1) is 16.6. The molecule has 0 aliphatic heterocycles. The van der Waals surface area contributed by atoms with Gasteiger partial charge in [-0.3, -0.25) is 20.8 Å². The molecule has 0 saturated carbocycles. The number of phenols is 1. The average Bonchev–Trinajstić information content (AvgIpc) is 3.01. The van der Waals surface area contributed by atoms with E-state index in [-0.39, 0.29) is 34.1 Å². The monoisotopic (exact) mass is 344 g/mol. The van der Waals surface area contributed by atoms with Gasteiger partial charge in [-0.15, -0.1) is 0 Å². The number of hydrogen-bond donors (Lipinski definition) is 4. The van der Waals surface area contributed by atoms with E-state index in [0.29, 0.717) is 5.56 Å². The van der Waals surface area contributed by atoms with E-state index in [9.17, 15) is 19.1 Å². The Balaban J connectivity index is 2.33. The summed E-state index contributed by atoms with van der Waals surface area (Å²) in [4.78, 5) is 3.84.